The number of amides is 4. The van der Waals surface area contributed by atoms with Crippen LogP contribution in [0.3, 0.4) is 0 Å². The summed E-state index contributed by atoms with van der Waals surface area (Å²) in [5.74, 6) is -2.19. The number of imide groups is 2. The van der Waals surface area contributed by atoms with E-state index in [0.29, 0.717) is 11.0 Å². The van der Waals surface area contributed by atoms with Crippen LogP contribution in [0.5, 0.6) is 11.5 Å². The highest BCUT2D eigenvalue weighted by atomic mass is 19.4. The second kappa shape index (κ2) is 7.30. The zero-order chi connectivity index (χ0) is 21.3. The number of methoxy groups -OCH3 is 1. The summed E-state index contributed by atoms with van der Waals surface area (Å²) in [6, 6.07) is 6.44. The first-order chi connectivity index (χ1) is 13.6. The monoisotopic (exact) mass is 406 g/mol. The van der Waals surface area contributed by atoms with Crippen LogP contribution >= 0.6 is 0 Å². The van der Waals surface area contributed by atoms with Gasteiger partial charge in [-0.2, -0.15) is 13.2 Å². The summed E-state index contributed by atoms with van der Waals surface area (Å²) in [7, 11) is 1.30. The van der Waals surface area contributed by atoms with Crippen LogP contribution in [0.15, 0.2) is 48.0 Å². The lowest BCUT2D eigenvalue weighted by atomic mass is 10.1. The highest BCUT2D eigenvalue weighted by Crippen LogP contribution is 2.33. The molecule has 29 heavy (non-hydrogen) atoms. The minimum Gasteiger partial charge on any atom is -0.504 e. The lowest BCUT2D eigenvalue weighted by Crippen LogP contribution is -2.54. The fraction of sp³-hybridized carbons (Fsp3) is 0.105. The average molecular weight is 406 g/mol. The number of ether oxygens (including phenoxy) is 1. The lowest BCUT2D eigenvalue weighted by Gasteiger charge is -2.26. The molecule has 7 nitrogen and oxygen atoms in total. The number of phenols is 1. The molecule has 0 unspecified atom stereocenters. The minimum absolute atomic E-state index is 0.0776. The number of aromatic hydroxyl groups is 1. The molecule has 1 saturated heterocycles. The van der Waals surface area contributed by atoms with Gasteiger partial charge in [-0.25, -0.2) is 9.69 Å². The molecule has 0 atom stereocenters. The number of barbiturate groups is 1. The maximum Gasteiger partial charge on any atom is 0.416 e. The van der Waals surface area contributed by atoms with Crippen LogP contribution in [0.25, 0.3) is 6.08 Å². The van der Waals surface area contributed by atoms with Gasteiger partial charge < -0.3 is 9.84 Å². The third-order valence-electron chi connectivity index (χ3n) is 4.05. The summed E-state index contributed by atoms with van der Waals surface area (Å²) < 4.78 is 43.8. The lowest BCUT2D eigenvalue weighted by molar-refractivity contribution is -0.137. The van der Waals surface area contributed by atoms with Gasteiger partial charge in [-0.3, -0.25) is 14.9 Å². The van der Waals surface area contributed by atoms with E-state index in [1.807, 2.05) is 5.32 Å². The van der Waals surface area contributed by atoms with E-state index < -0.39 is 35.2 Å². The number of carbonyl (C=O) groups is 3. The Morgan fingerprint density at radius 1 is 1.10 bits per heavy atom. The van der Waals surface area contributed by atoms with Crippen molar-refractivity contribution in [2.24, 2.45) is 0 Å². The zero-order valence-corrected chi connectivity index (χ0v) is 14.8. The van der Waals surface area contributed by atoms with Crippen LogP contribution in [0, 0.1) is 0 Å². The summed E-state index contributed by atoms with van der Waals surface area (Å²) in [5.41, 5.74) is -1.59. The number of anilines is 1. The van der Waals surface area contributed by atoms with E-state index in [-0.39, 0.29) is 22.7 Å². The Morgan fingerprint density at radius 2 is 1.83 bits per heavy atom. The summed E-state index contributed by atoms with van der Waals surface area (Å²) >= 11 is 0. The molecule has 0 spiro atoms. The van der Waals surface area contributed by atoms with E-state index in [2.05, 4.69) is 0 Å². The molecule has 1 heterocycles. The SMILES string of the molecule is COc1cc(C=C2C(=O)NC(=O)N(c3cccc(C(F)(F)F)c3)C2=O)ccc1O. The molecule has 0 saturated carbocycles. The molecule has 0 aliphatic carbocycles. The van der Waals surface area contributed by atoms with Gasteiger partial charge in [-0.15, -0.1) is 0 Å². The van der Waals surface area contributed by atoms with Crippen molar-refractivity contribution >= 4 is 29.6 Å². The number of hydrogen-bond donors (Lipinski definition) is 2. The first kappa shape index (κ1) is 19.9. The number of alkyl halides is 3. The van der Waals surface area contributed by atoms with Crippen molar-refractivity contribution in [2.45, 2.75) is 6.18 Å². The Hall–Kier alpha value is -3.82. The summed E-state index contributed by atoms with van der Waals surface area (Å²) in [6.45, 7) is 0. The summed E-state index contributed by atoms with van der Waals surface area (Å²) in [4.78, 5) is 37.5. The van der Waals surface area contributed by atoms with Gasteiger partial charge in [0.15, 0.2) is 11.5 Å². The minimum atomic E-state index is -4.68. The predicted molar refractivity (Wildman–Crippen MR) is 95.1 cm³/mol. The number of carbonyl (C=O) groups excluding carboxylic acids is 3. The number of nitrogens with one attached hydrogen (secondary N) is 1. The highest BCUT2D eigenvalue weighted by molar-refractivity contribution is 6.39. The van der Waals surface area contributed by atoms with E-state index in [4.69, 9.17) is 4.74 Å². The first-order valence-corrected chi connectivity index (χ1v) is 8.07. The van der Waals surface area contributed by atoms with Crippen LogP contribution in [0.2, 0.25) is 0 Å². The second-order valence-corrected chi connectivity index (χ2v) is 5.94. The molecule has 2 aromatic carbocycles. The van der Waals surface area contributed by atoms with Crippen LogP contribution in [0.4, 0.5) is 23.7 Å². The van der Waals surface area contributed by atoms with Gasteiger partial charge >= 0.3 is 12.2 Å². The predicted octanol–water partition coefficient (Wildman–Crippen LogP) is 3.09. The van der Waals surface area contributed by atoms with Crippen molar-refractivity contribution in [3.05, 3.63) is 59.2 Å². The van der Waals surface area contributed by atoms with Gasteiger partial charge in [0, 0.05) is 0 Å². The molecular formula is C19H13F3N2O5. The largest absolute Gasteiger partial charge is 0.504 e. The maximum atomic E-state index is 13.0. The van der Waals surface area contributed by atoms with Crippen LogP contribution in [-0.4, -0.2) is 30.1 Å². The van der Waals surface area contributed by atoms with Gasteiger partial charge in [0.25, 0.3) is 11.8 Å². The molecule has 1 aliphatic rings. The molecule has 150 valence electrons. The Labute approximate surface area is 162 Å². The Kier molecular flexibility index (Phi) is 5.02. The fourth-order valence-electron chi connectivity index (χ4n) is 2.66. The Bertz CT molecular complexity index is 1050. The molecule has 0 radical (unpaired) electrons. The summed E-state index contributed by atoms with van der Waals surface area (Å²) in [6.07, 6.45) is -3.55. The Morgan fingerprint density at radius 3 is 2.48 bits per heavy atom. The molecule has 0 bridgehead atoms. The third-order valence-corrected chi connectivity index (χ3v) is 4.05. The van der Waals surface area contributed by atoms with Crippen molar-refractivity contribution in [1.82, 2.24) is 5.32 Å². The highest BCUT2D eigenvalue weighted by Gasteiger charge is 2.38. The molecular weight excluding hydrogens is 393 g/mol. The van der Waals surface area contributed by atoms with Crippen molar-refractivity contribution < 1.29 is 37.4 Å². The van der Waals surface area contributed by atoms with Gasteiger partial charge in [0.1, 0.15) is 5.57 Å². The number of urea groups is 1. The van der Waals surface area contributed by atoms with Crippen LogP contribution in [0.1, 0.15) is 11.1 Å². The van der Waals surface area contributed by atoms with E-state index >= 15 is 0 Å². The topological polar surface area (TPSA) is 95.9 Å². The molecule has 2 N–H and O–H groups in total. The fourth-order valence-corrected chi connectivity index (χ4v) is 2.66. The number of halogens is 3. The van der Waals surface area contributed by atoms with E-state index in [1.54, 1.807) is 0 Å². The van der Waals surface area contributed by atoms with Gasteiger partial charge in [0.05, 0.1) is 18.4 Å². The Balaban J connectivity index is 2.03. The smallest absolute Gasteiger partial charge is 0.416 e. The van der Waals surface area contributed by atoms with E-state index in [9.17, 15) is 32.7 Å². The number of benzene rings is 2. The van der Waals surface area contributed by atoms with Crippen molar-refractivity contribution in [3.63, 3.8) is 0 Å². The average Bonchev–Trinajstić information content (AvgIpc) is 2.65. The van der Waals surface area contributed by atoms with E-state index in [1.165, 1.54) is 25.3 Å². The van der Waals surface area contributed by atoms with Crippen molar-refractivity contribution in [3.8, 4) is 11.5 Å². The van der Waals surface area contributed by atoms with Gasteiger partial charge in [-0.1, -0.05) is 12.1 Å². The number of hydrogen-bond acceptors (Lipinski definition) is 5. The maximum absolute atomic E-state index is 13.0. The van der Waals surface area contributed by atoms with Gasteiger partial charge in [0.2, 0.25) is 0 Å². The van der Waals surface area contributed by atoms with Crippen LogP contribution < -0.4 is 15.0 Å². The molecule has 0 aromatic heterocycles. The second-order valence-electron chi connectivity index (χ2n) is 5.94. The van der Waals surface area contributed by atoms with Crippen LogP contribution in [-0.2, 0) is 15.8 Å². The summed E-state index contributed by atoms with van der Waals surface area (Å²) in [5, 5.41) is 11.5. The zero-order valence-electron chi connectivity index (χ0n) is 14.8. The molecule has 2 aromatic rings. The standard InChI is InChI=1S/C19H13F3N2O5/c1-29-15-8-10(5-6-14(15)25)7-13-16(26)23-18(28)24(17(13)27)12-4-2-3-11(9-12)19(20,21)22/h2-9,25H,1H3,(H,23,26,28). The number of phenolic OH excluding ortho intramolecular Hbond substituents is 1. The number of rotatable bonds is 3. The molecule has 1 fully saturated rings. The molecule has 4 amide bonds. The third kappa shape index (κ3) is 3.91. The first-order valence-electron chi connectivity index (χ1n) is 8.07. The van der Waals surface area contributed by atoms with Crippen molar-refractivity contribution in [2.75, 3.05) is 12.0 Å². The normalized spacial score (nSPS) is 16.2. The molecule has 10 heteroatoms. The van der Waals surface area contributed by atoms with Crippen molar-refractivity contribution in [1.29, 1.82) is 0 Å². The molecule has 3 rings (SSSR count). The van der Waals surface area contributed by atoms with Gasteiger partial charge in [-0.05, 0) is 42.0 Å². The quantitative estimate of drug-likeness (QED) is 0.603. The number of nitrogens with zero attached hydrogens (tertiary/aromatic N) is 1. The molecule has 1 aliphatic heterocycles. The van der Waals surface area contributed by atoms with E-state index in [0.717, 1.165) is 24.3 Å².